The molecule has 3 rings (SSSR count). The molecular weight excluding hydrogens is 291 g/mol. The molecule has 102 valence electrons. The highest BCUT2D eigenvalue weighted by molar-refractivity contribution is 6.32. The maximum Gasteiger partial charge on any atom is 0.433 e. The van der Waals surface area contributed by atoms with Gasteiger partial charge < -0.3 is 0 Å². The number of rotatable bonds is 1. The van der Waals surface area contributed by atoms with E-state index in [1.54, 1.807) is 18.2 Å². The van der Waals surface area contributed by atoms with Crippen LogP contribution >= 0.6 is 11.6 Å². The van der Waals surface area contributed by atoms with Gasteiger partial charge in [-0.05, 0) is 24.3 Å². The second-order valence-corrected chi connectivity index (χ2v) is 4.49. The zero-order valence-corrected chi connectivity index (χ0v) is 10.7. The smallest absolute Gasteiger partial charge is 0.295 e. The van der Waals surface area contributed by atoms with E-state index in [1.165, 1.54) is 18.5 Å². The average Bonchev–Trinajstić information content (AvgIpc) is 2.82. The van der Waals surface area contributed by atoms with Crippen LogP contribution < -0.4 is 0 Å². The number of hydrogen-bond acceptors (Lipinski definition) is 2. The van der Waals surface area contributed by atoms with Crippen LogP contribution in [0.25, 0.3) is 16.8 Å². The lowest BCUT2D eigenvalue weighted by Crippen LogP contribution is -2.08. The SMILES string of the molecule is FC(F)(F)c1cnc2ccc(-c3cccnc3Cl)cn12. The maximum atomic E-state index is 12.9. The van der Waals surface area contributed by atoms with E-state index in [-0.39, 0.29) is 10.8 Å². The number of imidazole rings is 1. The Balaban J connectivity index is 2.22. The van der Waals surface area contributed by atoms with E-state index in [1.807, 2.05) is 0 Å². The number of halogens is 4. The largest absolute Gasteiger partial charge is 0.433 e. The summed E-state index contributed by atoms with van der Waals surface area (Å²) in [6.07, 6.45) is -0.780. The van der Waals surface area contributed by atoms with E-state index in [0.717, 1.165) is 10.6 Å². The Hall–Kier alpha value is -2.08. The first-order chi connectivity index (χ1) is 9.47. The zero-order valence-electron chi connectivity index (χ0n) is 9.89. The number of hydrogen-bond donors (Lipinski definition) is 0. The van der Waals surface area contributed by atoms with E-state index >= 15 is 0 Å². The summed E-state index contributed by atoms with van der Waals surface area (Å²) >= 11 is 5.96. The molecule has 0 aliphatic rings. The summed E-state index contributed by atoms with van der Waals surface area (Å²) < 4.78 is 39.6. The third-order valence-electron chi connectivity index (χ3n) is 2.87. The molecule has 7 heteroatoms. The fourth-order valence-electron chi connectivity index (χ4n) is 1.95. The van der Waals surface area contributed by atoms with Crippen LogP contribution in [0.1, 0.15) is 5.69 Å². The van der Waals surface area contributed by atoms with Gasteiger partial charge in [0, 0.05) is 23.5 Å². The molecule has 3 heterocycles. The third-order valence-corrected chi connectivity index (χ3v) is 3.17. The van der Waals surface area contributed by atoms with Gasteiger partial charge in [0.1, 0.15) is 16.5 Å². The van der Waals surface area contributed by atoms with E-state index in [9.17, 15) is 13.2 Å². The Morgan fingerprint density at radius 2 is 1.90 bits per heavy atom. The van der Waals surface area contributed by atoms with Crippen molar-refractivity contribution in [3.05, 3.63) is 53.7 Å². The van der Waals surface area contributed by atoms with Crippen LogP contribution in [0.3, 0.4) is 0 Å². The van der Waals surface area contributed by atoms with Crippen LogP contribution in [0.4, 0.5) is 13.2 Å². The quantitative estimate of drug-likeness (QED) is 0.634. The van der Waals surface area contributed by atoms with Gasteiger partial charge in [-0.2, -0.15) is 13.2 Å². The minimum atomic E-state index is -4.46. The van der Waals surface area contributed by atoms with Gasteiger partial charge in [-0.15, -0.1) is 0 Å². The minimum Gasteiger partial charge on any atom is -0.295 e. The second kappa shape index (κ2) is 4.49. The van der Waals surface area contributed by atoms with Gasteiger partial charge >= 0.3 is 6.18 Å². The number of fused-ring (bicyclic) bond motifs is 1. The summed E-state index contributed by atoms with van der Waals surface area (Å²) in [4.78, 5) is 7.65. The van der Waals surface area contributed by atoms with Crippen molar-refractivity contribution in [3.8, 4) is 11.1 Å². The minimum absolute atomic E-state index is 0.223. The molecule has 0 saturated carbocycles. The van der Waals surface area contributed by atoms with Gasteiger partial charge in [-0.1, -0.05) is 11.6 Å². The molecule has 0 amide bonds. The molecule has 0 unspecified atom stereocenters. The molecular formula is C13H7ClF3N3. The Morgan fingerprint density at radius 1 is 1.10 bits per heavy atom. The number of aromatic nitrogens is 3. The standard InChI is InChI=1S/C13H7ClF3N3/c14-12-9(2-1-5-18-12)8-3-4-11-19-6-10(13(15,16)17)20(11)7-8/h1-7H. The third kappa shape index (κ3) is 2.12. The van der Waals surface area contributed by atoms with Gasteiger partial charge in [-0.3, -0.25) is 4.40 Å². The van der Waals surface area contributed by atoms with Crippen LogP contribution in [0, 0.1) is 0 Å². The number of pyridine rings is 2. The van der Waals surface area contributed by atoms with Crippen molar-refractivity contribution in [2.75, 3.05) is 0 Å². The van der Waals surface area contributed by atoms with E-state index in [0.29, 0.717) is 11.1 Å². The van der Waals surface area contributed by atoms with E-state index in [2.05, 4.69) is 9.97 Å². The van der Waals surface area contributed by atoms with Crippen molar-refractivity contribution in [1.29, 1.82) is 0 Å². The van der Waals surface area contributed by atoms with Crippen LogP contribution in [0.15, 0.2) is 42.9 Å². The Labute approximate surface area is 116 Å². The molecule has 0 saturated heterocycles. The van der Waals surface area contributed by atoms with E-state index in [4.69, 9.17) is 11.6 Å². The summed E-state index contributed by atoms with van der Waals surface area (Å²) in [5.74, 6) is 0. The van der Waals surface area contributed by atoms with Crippen molar-refractivity contribution >= 4 is 17.2 Å². The van der Waals surface area contributed by atoms with Crippen LogP contribution in [-0.2, 0) is 6.18 Å². The molecule has 0 atom stereocenters. The van der Waals surface area contributed by atoms with Crippen molar-refractivity contribution in [2.24, 2.45) is 0 Å². The van der Waals surface area contributed by atoms with Gasteiger partial charge in [-0.25, -0.2) is 9.97 Å². The van der Waals surface area contributed by atoms with Gasteiger partial charge in [0.05, 0.1) is 6.20 Å². The van der Waals surface area contributed by atoms with Crippen molar-refractivity contribution in [1.82, 2.24) is 14.4 Å². The summed E-state index contributed by atoms with van der Waals surface area (Å²) in [5, 5.41) is 0.237. The molecule has 3 nitrogen and oxygen atoms in total. The zero-order chi connectivity index (χ0) is 14.3. The van der Waals surface area contributed by atoms with Gasteiger partial charge in [0.25, 0.3) is 0 Å². The molecule has 0 aromatic carbocycles. The Bertz CT molecular complexity index is 780. The summed E-state index contributed by atoms with van der Waals surface area (Å²) in [6.45, 7) is 0. The molecule has 3 aromatic heterocycles. The van der Waals surface area contributed by atoms with Crippen molar-refractivity contribution in [3.63, 3.8) is 0 Å². The first-order valence-corrected chi connectivity index (χ1v) is 6.00. The number of nitrogens with zero attached hydrogens (tertiary/aromatic N) is 3. The second-order valence-electron chi connectivity index (χ2n) is 4.13. The lowest BCUT2D eigenvalue weighted by Gasteiger charge is -2.08. The van der Waals surface area contributed by atoms with Gasteiger partial charge in [0.2, 0.25) is 0 Å². The van der Waals surface area contributed by atoms with Crippen molar-refractivity contribution in [2.45, 2.75) is 6.18 Å². The fraction of sp³-hybridized carbons (Fsp3) is 0.0769. The lowest BCUT2D eigenvalue weighted by molar-refractivity contribution is -0.141. The van der Waals surface area contributed by atoms with Gasteiger partial charge in [0.15, 0.2) is 0 Å². The van der Waals surface area contributed by atoms with Crippen LogP contribution in [-0.4, -0.2) is 14.4 Å². The van der Waals surface area contributed by atoms with Crippen LogP contribution in [0.2, 0.25) is 5.15 Å². The molecule has 0 aliphatic heterocycles. The normalized spacial score (nSPS) is 12.0. The molecule has 0 N–H and O–H groups in total. The fourth-order valence-corrected chi connectivity index (χ4v) is 2.18. The highest BCUT2D eigenvalue weighted by Crippen LogP contribution is 2.32. The topological polar surface area (TPSA) is 30.2 Å². The first-order valence-electron chi connectivity index (χ1n) is 5.62. The molecule has 0 spiro atoms. The molecule has 20 heavy (non-hydrogen) atoms. The monoisotopic (exact) mass is 297 g/mol. The maximum absolute atomic E-state index is 12.9. The summed E-state index contributed by atoms with van der Waals surface area (Å²) in [7, 11) is 0. The number of alkyl halides is 3. The van der Waals surface area contributed by atoms with Crippen LogP contribution in [0.5, 0.6) is 0 Å². The molecule has 0 aliphatic carbocycles. The Kier molecular flexibility index (Phi) is 2.90. The predicted molar refractivity (Wildman–Crippen MR) is 68.4 cm³/mol. The highest BCUT2D eigenvalue weighted by Gasteiger charge is 2.34. The molecule has 3 aromatic rings. The highest BCUT2D eigenvalue weighted by atomic mass is 35.5. The van der Waals surface area contributed by atoms with E-state index < -0.39 is 11.9 Å². The average molecular weight is 298 g/mol. The lowest BCUT2D eigenvalue weighted by atomic mass is 10.1. The first kappa shape index (κ1) is 12.9. The summed E-state index contributed by atoms with van der Waals surface area (Å²) in [5.41, 5.74) is 0.507. The molecule has 0 bridgehead atoms. The molecule has 0 fully saturated rings. The van der Waals surface area contributed by atoms with Crippen molar-refractivity contribution < 1.29 is 13.2 Å². The summed E-state index contributed by atoms with van der Waals surface area (Å²) in [6, 6.07) is 6.53. The Morgan fingerprint density at radius 3 is 2.60 bits per heavy atom. The molecule has 0 radical (unpaired) electrons. The predicted octanol–water partition coefficient (Wildman–Crippen LogP) is 4.07.